The molecule has 1 aliphatic rings. The molecule has 2 aromatic carbocycles. The molecule has 0 spiro atoms. The minimum absolute atomic E-state index is 0.00894. The van der Waals surface area contributed by atoms with Gasteiger partial charge in [-0.2, -0.15) is 4.31 Å². The highest BCUT2D eigenvalue weighted by Gasteiger charge is 2.37. The number of furan rings is 1. The van der Waals surface area contributed by atoms with Gasteiger partial charge in [0, 0.05) is 38.2 Å². The smallest absolute Gasteiger partial charge is 0.413 e. The summed E-state index contributed by atoms with van der Waals surface area (Å²) in [6, 6.07) is 12.3. The van der Waals surface area contributed by atoms with E-state index in [4.69, 9.17) is 27.8 Å². The molecule has 0 radical (unpaired) electrons. The van der Waals surface area contributed by atoms with Crippen LogP contribution in [0, 0.1) is 5.92 Å². The third-order valence-corrected chi connectivity index (χ3v) is 15.0. The average Bonchev–Trinajstić information content (AvgIpc) is 3.72. The summed E-state index contributed by atoms with van der Waals surface area (Å²) in [7, 11) is -5.88. The van der Waals surface area contributed by atoms with E-state index in [9.17, 15) is 18.3 Å². The number of rotatable bonds is 17. The Morgan fingerprint density at radius 1 is 1.00 bits per heavy atom. The number of sulfonamides is 1. The van der Waals surface area contributed by atoms with Crippen LogP contribution < -0.4 is 24.3 Å². The van der Waals surface area contributed by atoms with E-state index >= 15 is 0 Å². The van der Waals surface area contributed by atoms with Crippen LogP contribution in [-0.2, 0) is 20.9 Å². The van der Waals surface area contributed by atoms with Gasteiger partial charge in [-0.15, -0.1) is 0 Å². The molecule has 0 aliphatic carbocycles. The summed E-state index contributed by atoms with van der Waals surface area (Å²) in [5.41, 5.74) is 0.787. The second-order valence-electron chi connectivity index (χ2n) is 14.1. The number of hydrogen-bond acceptors (Lipinski definition) is 10. The Kier molecular flexibility index (Phi) is 12.8. The summed E-state index contributed by atoms with van der Waals surface area (Å²) in [6.45, 7) is 15.8. The molecule has 0 unspecified atom stereocenters. The van der Waals surface area contributed by atoms with E-state index in [1.54, 1.807) is 6.07 Å². The lowest BCUT2D eigenvalue weighted by Crippen LogP contribution is -2.51. The Morgan fingerprint density at radius 3 is 2.37 bits per heavy atom. The Morgan fingerprint density at radius 2 is 1.71 bits per heavy atom. The molecule has 49 heavy (non-hydrogen) atoms. The largest absolute Gasteiger partial charge is 0.494 e. The number of aliphatic hydroxyl groups excluding tert-OH is 1. The Hall–Kier alpha value is -3.56. The van der Waals surface area contributed by atoms with Crippen LogP contribution in [0.2, 0.25) is 18.1 Å². The van der Waals surface area contributed by atoms with Gasteiger partial charge >= 0.3 is 6.09 Å². The summed E-state index contributed by atoms with van der Waals surface area (Å²) in [4.78, 5) is 12.9. The maximum Gasteiger partial charge on any atom is 0.413 e. The fourth-order valence-corrected chi connectivity index (χ4v) is 7.58. The number of aliphatic hydroxyl groups is 1. The van der Waals surface area contributed by atoms with E-state index in [1.165, 1.54) is 35.0 Å². The number of benzene rings is 2. The van der Waals surface area contributed by atoms with Gasteiger partial charge < -0.3 is 38.2 Å². The van der Waals surface area contributed by atoms with E-state index in [0.29, 0.717) is 30.5 Å². The summed E-state index contributed by atoms with van der Waals surface area (Å²) >= 11 is 0. The van der Waals surface area contributed by atoms with Crippen molar-refractivity contribution >= 4 is 24.4 Å². The maximum absolute atomic E-state index is 13.9. The normalized spacial score (nSPS) is 14.6. The van der Waals surface area contributed by atoms with Gasteiger partial charge in [-0.05, 0) is 60.3 Å². The molecule has 3 aromatic rings. The number of nitrogens with one attached hydrogen (secondary N) is 1. The second-order valence-corrected chi connectivity index (χ2v) is 20.8. The molecule has 2 N–H and O–H groups in total. The molecule has 1 amide bonds. The Bertz CT molecular complexity index is 1610. The molecule has 2 atom stereocenters. The van der Waals surface area contributed by atoms with Crippen molar-refractivity contribution in [3.63, 3.8) is 0 Å². The first kappa shape index (κ1) is 38.2. The number of ether oxygens (including phenoxy) is 4. The molecule has 2 heterocycles. The molecule has 0 fully saturated rings. The first-order valence-corrected chi connectivity index (χ1v) is 20.8. The minimum atomic E-state index is -4.07. The highest BCUT2D eigenvalue weighted by atomic mass is 32.2. The van der Waals surface area contributed by atoms with Gasteiger partial charge in [0.15, 0.2) is 25.6 Å². The molecule has 0 saturated carbocycles. The highest BCUT2D eigenvalue weighted by molar-refractivity contribution is 7.89. The van der Waals surface area contributed by atoms with Gasteiger partial charge in [0.05, 0.1) is 29.9 Å². The van der Waals surface area contributed by atoms with Gasteiger partial charge in [0.2, 0.25) is 16.8 Å². The summed E-state index contributed by atoms with van der Waals surface area (Å²) in [5.74, 6) is 1.60. The van der Waals surface area contributed by atoms with Crippen molar-refractivity contribution in [1.29, 1.82) is 0 Å². The molecular formula is C35H50N2O10SSi. The molecule has 1 aromatic heterocycles. The van der Waals surface area contributed by atoms with Gasteiger partial charge in [0.25, 0.3) is 0 Å². The van der Waals surface area contributed by atoms with Crippen molar-refractivity contribution < 1.29 is 46.1 Å². The second kappa shape index (κ2) is 16.4. The third-order valence-electron chi connectivity index (χ3n) is 8.62. The van der Waals surface area contributed by atoms with Gasteiger partial charge in [-0.3, -0.25) is 0 Å². The summed E-state index contributed by atoms with van der Waals surface area (Å²) in [5, 5.41) is 14.4. The number of hydrogen-bond donors (Lipinski definition) is 2. The molecule has 0 bridgehead atoms. The first-order valence-electron chi connectivity index (χ1n) is 16.5. The van der Waals surface area contributed by atoms with E-state index in [0.717, 1.165) is 12.0 Å². The minimum Gasteiger partial charge on any atom is -0.494 e. The van der Waals surface area contributed by atoms with Crippen molar-refractivity contribution in [2.75, 3.05) is 33.1 Å². The topological polar surface area (TPSA) is 146 Å². The fraction of sp³-hybridized carbons (Fsp3) is 0.514. The predicted molar refractivity (Wildman–Crippen MR) is 187 cm³/mol. The Labute approximate surface area is 290 Å². The number of carbonyl (C=O) groups excluding carboxylic acids is 1. The number of carbonyl (C=O) groups is 1. The van der Waals surface area contributed by atoms with Crippen molar-refractivity contribution in [2.24, 2.45) is 5.92 Å². The van der Waals surface area contributed by atoms with Gasteiger partial charge in [0.1, 0.15) is 12.0 Å². The first-order chi connectivity index (χ1) is 23.0. The van der Waals surface area contributed by atoms with Crippen LogP contribution in [0.5, 0.6) is 23.0 Å². The zero-order chi connectivity index (χ0) is 35.8. The highest BCUT2D eigenvalue weighted by Crippen LogP contribution is 2.37. The third kappa shape index (κ3) is 10.7. The van der Waals surface area contributed by atoms with E-state index in [-0.39, 0.29) is 47.9 Å². The van der Waals surface area contributed by atoms with Crippen LogP contribution in [0.3, 0.4) is 0 Å². The Balaban J connectivity index is 1.44. The quantitative estimate of drug-likeness (QED) is 0.122. The molecule has 270 valence electrons. The number of amides is 1. The van der Waals surface area contributed by atoms with Crippen LogP contribution in [0.4, 0.5) is 4.79 Å². The maximum atomic E-state index is 13.9. The number of nitrogens with zero attached hydrogens (tertiary/aromatic N) is 1. The van der Waals surface area contributed by atoms with Crippen LogP contribution in [0.1, 0.15) is 46.6 Å². The lowest BCUT2D eigenvalue weighted by Gasteiger charge is -2.36. The molecule has 12 nitrogen and oxygen atoms in total. The van der Waals surface area contributed by atoms with E-state index in [2.05, 4.69) is 39.2 Å². The average molecular weight is 719 g/mol. The molecule has 1 aliphatic heterocycles. The van der Waals surface area contributed by atoms with Gasteiger partial charge in [-0.25, -0.2) is 13.2 Å². The lowest BCUT2D eigenvalue weighted by atomic mass is 10.0. The van der Waals surface area contributed by atoms with Crippen LogP contribution in [-0.4, -0.2) is 77.5 Å². The monoisotopic (exact) mass is 718 g/mol. The fourth-order valence-electron chi connectivity index (χ4n) is 4.85. The summed E-state index contributed by atoms with van der Waals surface area (Å²) in [6.07, 6.45) is 1.45. The molecule has 14 heteroatoms. The van der Waals surface area contributed by atoms with E-state index in [1.807, 2.05) is 38.1 Å². The summed E-state index contributed by atoms with van der Waals surface area (Å²) < 4.78 is 62.1. The predicted octanol–water partition coefficient (Wildman–Crippen LogP) is 6.21. The zero-order valence-corrected chi connectivity index (χ0v) is 31.2. The van der Waals surface area contributed by atoms with Gasteiger partial charge in [-0.1, -0.05) is 46.8 Å². The van der Waals surface area contributed by atoms with Crippen LogP contribution >= 0.6 is 0 Å². The number of fused-ring (bicyclic) bond motifs is 1. The van der Waals surface area contributed by atoms with Crippen LogP contribution in [0.25, 0.3) is 0 Å². The van der Waals surface area contributed by atoms with Crippen molar-refractivity contribution in [1.82, 2.24) is 9.62 Å². The van der Waals surface area contributed by atoms with E-state index < -0.39 is 36.6 Å². The zero-order valence-electron chi connectivity index (χ0n) is 29.4. The van der Waals surface area contributed by atoms with Crippen molar-refractivity contribution in [3.05, 3.63) is 66.6 Å². The molecular weight excluding hydrogens is 669 g/mol. The molecule has 0 saturated heterocycles. The lowest BCUT2D eigenvalue weighted by molar-refractivity contribution is 0.0991. The van der Waals surface area contributed by atoms with Crippen LogP contribution in [0.15, 0.2) is 70.4 Å². The SMILES string of the molecule is CC(C)CN(C[C@@H](O)[C@H](Cc1ccc(OCCCO[Si](C)(C)C(C)(C)C)cc1)NC(=O)Oc1ccoc1)S(=O)(=O)c1ccc2c(c1)OCO2. The van der Waals surface area contributed by atoms with Crippen molar-refractivity contribution in [2.45, 2.75) is 82.6 Å². The standard InChI is InChI=1S/C35H50N2O10SSi/c1-25(2)21-37(48(40,41)29-13-14-32-33(20-29)45-24-44-32)22-31(38)30(36-34(39)47-28-15-18-42-23-28)19-26-9-11-27(12-10-26)43-16-8-17-46-49(6,7)35(3,4)5/h9-15,18,20,23,25,30-31,38H,8,16-17,19,21-22,24H2,1-7H3,(H,36,39)/t30-,31+/m0/s1. The molecule has 4 rings (SSSR count). The van der Waals surface area contributed by atoms with Crippen molar-refractivity contribution in [3.8, 4) is 23.0 Å².